The number of carbonyl (C=O) groups is 1. The molecule has 0 aliphatic heterocycles. The monoisotopic (exact) mass is 285 g/mol. The molecule has 4 nitrogen and oxygen atoms in total. The largest absolute Gasteiger partial charge is 0.481 e. The summed E-state index contributed by atoms with van der Waals surface area (Å²) in [5.74, 6) is -1.10. The fourth-order valence-electron chi connectivity index (χ4n) is 1.90. The van der Waals surface area contributed by atoms with E-state index >= 15 is 0 Å². The van der Waals surface area contributed by atoms with Crippen LogP contribution in [-0.4, -0.2) is 23.2 Å². The molecule has 5 heteroatoms. The van der Waals surface area contributed by atoms with E-state index in [4.69, 9.17) is 21.4 Å². The second-order valence-electron chi connectivity index (χ2n) is 4.93. The van der Waals surface area contributed by atoms with E-state index in [-0.39, 0.29) is 5.92 Å². The van der Waals surface area contributed by atoms with Gasteiger partial charge in [-0.1, -0.05) is 18.5 Å². The van der Waals surface area contributed by atoms with Crippen molar-refractivity contribution in [2.75, 3.05) is 7.11 Å². The number of aromatic nitrogens is 1. The van der Waals surface area contributed by atoms with Gasteiger partial charge in [0.15, 0.2) is 0 Å². The zero-order valence-electron chi connectivity index (χ0n) is 11.5. The van der Waals surface area contributed by atoms with Gasteiger partial charge in [-0.05, 0) is 38.3 Å². The quantitative estimate of drug-likeness (QED) is 0.833. The summed E-state index contributed by atoms with van der Waals surface area (Å²) >= 11 is 5.96. The third-order valence-corrected chi connectivity index (χ3v) is 3.66. The number of carboxylic acid groups (broad SMARTS) is 1. The average molecular weight is 286 g/mol. The number of nitrogens with zero attached hydrogens (tertiary/aromatic N) is 1. The van der Waals surface area contributed by atoms with Gasteiger partial charge in [-0.25, -0.2) is 0 Å². The Morgan fingerprint density at radius 2 is 2.32 bits per heavy atom. The summed E-state index contributed by atoms with van der Waals surface area (Å²) in [6.07, 6.45) is 3.73. The second kappa shape index (κ2) is 6.87. The summed E-state index contributed by atoms with van der Waals surface area (Å²) in [4.78, 5) is 15.1. The highest BCUT2D eigenvalue weighted by Gasteiger charge is 2.28. The Morgan fingerprint density at radius 3 is 2.84 bits per heavy atom. The van der Waals surface area contributed by atoms with Crippen LogP contribution in [0.5, 0.6) is 0 Å². The molecule has 1 N–H and O–H groups in total. The lowest BCUT2D eigenvalue weighted by Gasteiger charge is -2.28. The predicted molar refractivity (Wildman–Crippen MR) is 74.3 cm³/mol. The Morgan fingerprint density at radius 1 is 1.63 bits per heavy atom. The van der Waals surface area contributed by atoms with Gasteiger partial charge in [-0.15, -0.1) is 0 Å². The molecule has 0 spiro atoms. The zero-order chi connectivity index (χ0) is 14.5. The highest BCUT2D eigenvalue weighted by Crippen LogP contribution is 2.30. The third kappa shape index (κ3) is 4.48. The van der Waals surface area contributed by atoms with Gasteiger partial charge in [0.2, 0.25) is 0 Å². The molecule has 19 heavy (non-hydrogen) atoms. The molecule has 1 aromatic rings. The molecule has 0 amide bonds. The molecule has 0 saturated carbocycles. The Labute approximate surface area is 118 Å². The maximum atomic E-state index is 10.8. The first kappa shape index (κ1) is 15.9. The first-order chi connectivity index (χ1) is 8.89. The lowest BCUT2D eigenvalue weighted by Crippen LogP contribution is -2.26. The van der Waals surface area contributed by atoms with E-state index in [2.05, 4.69) is 4.98 Å². The van der Waals surface area contributed by atoms with Crippen LogP contribution in [0.25, 0.3) is 0 Å². The topological polar surface area (TPSA) is 59.4 Å². The number of pyridine rings is 1. The van der Waals surface area contributed by atoms with Crippen molar-refractivity contribution < 1.29 is 14.6 Å². The van der Waals surface area contributed by atoms with Crippen molar-refractivity contribution in [3.63, 3.8) is 0 Å². The molecular weight excluding hydrogens is 266 g/mol. The summed E-state index contributed by atoms with van der Waals surface area (Å²) in [5.41, 5.74) is 0.230. The van der Waals surface area contributed by atoms with Crippen molar-refractivity contribution in [3.8, 4) is 0 Å². The van der Waals surface area contributed by atoms with Gasteiger partial charge in [-0.3, -0.25) is 9.78 Å². The number of hydrogen-bond acceptors (Lipinski definition) is 3. The number of ether oxygens (including phenoxy) is 1. The van der Waals surface area contributed by atoms with E-state index in [9.17, 15) is 4.79 Å². The van der Waals surface area contributed by atoms with Gasteiger partial charge < -0.3 is 9.84 Å². The molecular formula is C14H20ClNO3. The molecule has 1 unspecified atom stereocenters. The number of rotatable bonds is 7. The van der Waals surface area contributed by atoms with Crippen LogP contribution in [0, 0.1) is 5.92 Å². The molecule has 1 rings (SSSR count). The van der Waals surface area contributed by atoms with Gasteiger partial charge in [-0.2, -0.15) is 0 Å². The number of methoxy groups -OCH3 is 1. The van der Waals surface area contributed by atoms with Crippen LogP contribution in [0.3, 0.4) is 0 Å². The molecule has 1 heterocycles. The zero-order valence-corrected chi connectivity index (χ0v) is 12.3. The first-order valence-electron chi connectivity index (χ1n) is 6.29. The molecule has 0 saturated heterocycles. The van der Waals surface area contributed by atoms with E-state index in [1.165, 1.54) is 0 Å². The van der Waals surface area contributed by atoms with Crippen molar-refractivity contribution >= 4 is 17.6 Å². The van der Waals surface area contributed by atoms with E-state index in [1.807, 2.05) is 6.92 Å². The summed E-state index contributed by atoms with van der Waals surface area (Å²) in [7, 11) is 1.63. The minimum absolute atomic E-state index is 0.339. The van der Waals surface area contributed by atoms with Gasteiger partial charge >= 0.3 is 5.97 Å². The van der Waals surface area contributed by atoms with Crippen LogP contribution in [0.4, 0.5) is 0 Å². The predicted octanol–water partition coefficient (Wildman–Crippen LogP) is 3.49. The molecule has 1 aromatic heterocycles. The maximum Gasteiger partial charge on any atom is 0.306 e. The highest BCUT2D eigenvalue weighted by atomic mass is 35.5. The van der Waals surface area contributed by atoms with Crippen molar-refractivity contribution in [1.29, 1.82) is 0 Å². The smallest absolute Gasteiger partial charge is 0.306 e. The third-order valence-electron chi connectivity index (χ3n) is 3.43. The Kier molecular flexibility index (Phi) is 5.76. The van der Waals surface area contributed by atoms with E-state index in [0.29, 0.717) is 17.9 Å². The van der Waals surface area contributed by atoms with E-state index < -0.39 is 11.6 Å². The Bertz CT molecular complexity index is 438. The minimum atomic E-state index is -0.764. The van der Waals surface area contributed by atoms with E-state index in [0.717, 1.165) is 12.1 Å². The summed E-state index contributed by atoms with van der Waals surface area (Å²) in [6.45, 7) is 3.65. The fourth-order valence-corrected chi connectivity index (χ4v) is 2.06. The molecule has 0 bridgehead atoms. The molecule has 0 aliphatic carbocycles. The van der Waals surface area contributed by atoms with Crippen LogP contribution in [-0.2, 0) is 15.1 Å². The minimum Gasteiger partial charge on any atom is -0.481 e. The van der Waals surface area contributed by atoms with Crippen LogP contribution < -0.4 is 0 Å². The Hall–Kier alpha value is -1.13. The van der Waals surface area contributed by atoms with Crippen molar-refractivity contribution in [3.05, 3.63) is 29.0 Å². The highest BCUT2D eigenvalue weighted by molar-refractivity contribution is 6.30. The van der Waals surface area contributed by atoms with Crippen molar-refractivity contribution in [1.82, 2.24) is 4.98 Å². The van der Waals surface area contributed by atoms with Crippen molar-refractivity contribution in [2.24, 2.45) is 5.92 Å². The molecule has 0 aliphatic rings. The Balaban J connectivity index is 2.68. The SMILES string of the molecule is COC(C)(CCC[C@@H](C)C(=O)O)c1cc(Cl)ccn1. The molecule has 106 valence electrons. The van der Waals surface area contributed by atoms with Gasteiger partial charge in [0.05, 0.1) is 11.6 Å². The first-order valence-corrected chi connectivity index (χ1v) is 6.67. The van der Waals surface area contributed by atoms with Crippen LogP contribution >= 0.6 is 11.6 Å². The van der Waals surface area contributed by atoms with E-state index in [1.54, 1.807) is 32.4 Å². The molecule has 2 atom stereocenters. The van der Waals surface area contributed by atoms with Crippen molar-refractivity contribution in [2.45, 2.75) is 38.7 Å². The summed E-state index contributed by atoms with van der Waals surface area (Å²) in [6, 6.07) is 3.50. The average Bonchev–Trinajstić information content (AvgIpc) is 2.38. The van der Waals surface area contributed by atoms with Crippen LogP contribution in [0.15, 0.2) is 18.3 Å². The lowest BCUT2D eigenvalue weighted by atomic mass is 9.92. The van der Waals surface area contributed by atoms with Crippen LogP contribution in [0.1, 0.15) is 38.8 Å². The van der Waals surface area contributed by atoms with Gasteiger partial charge in [0.25, 0.3) is 0 Å². The second-order valence-corrected chi connectivity index (χ2v) is 5.36. The normalized spacial score (nSPS) is 15.8. The number of carboxylic acids is 1. The number of hydrogen-bond donors (Lipinski definition) is 1. The standard InChI is InChI=1S/C14H20ClNO3/c1-10(13(17)18)5-4-7-14(2,19-3)12-9-11(15)6-8-16-12/h6,8-10H,4-5,7H2,1-3H3,(H,17,18)/t10-,14?/m1/s1. The van der Waals surface area contributed by atoms with Crippen LogP contribution in [0.2, 0.25) is 5.02 Å². The fraction of sp³-hybridized carbons (Fsp3) is 0.571. The molecule has 0 radical (unpaired) electrons. The summed E-state index contributed by atoms with van der Waals surface area (Å²) < 4.78 is 5.55. The van der Waals surface area contributed by atoms with Gasteiger partial charge in [0.1, 0.15) is 5.60 Å². The molecule has 0 aromatic carbocycles. The number of aliphatic carboxylic acids is 1. The number of halogens is 1. The maximum absolute atomic E-state index is 10.8. The summed E-state index contributed by atoms with van der Waals surface area (Å²) in [5, 5.41) is 9.48. The van der Waals surface area contributed by atoms with Gasteiger partial charge in [0, 0.05) is 18.3 Å². The lowest BCUT2D eigenvalue weighted by molar-refractivity contribution is -0.141. The molecule has 0 fully saturated rings.